The molecule has 0 aliphatic carbocycles. The molecule has 3 rings (SSSR count). The summed E-state index contributed by atoms with van der Waals surface area (Å²) in [7, 11) is 0. The Hall–Kier alpha value is -3.97. The summed E-state index contributed by atoms with van der Waals surface area (Å²) in [6.45, 7) is 0. The van der Waals surface area contributed by atoms with Crippen LogP contribution in [0, 0.1) is 15.9 Å². The largest absolute Gasteiger partial charge is 0.435 e. The maximum Gasteiger partial charge on any atom is 0.435 e. The van der Waals surface area contributed by atoms with Crippen LogP contribution in [0.3, 0.4) is 0 Å². The molecule has 2 N–H and O–H groups in total. The van der Waals surface area contributed by atoms with E-state index in [2.05, 4.69) is 4.98 Å². The van der Waals surface area contributed by atoms with Crippen LogP contribution >= 0.6 is 0 Å². The van der Waals surface area contributed by atoms with Crippen LogP contribution in [-0.2, 0) is 12.4 Å². The standard InChI is InChI=1S/C18H9F7N4O3/c19-9-2-4-10(5-3-9)28-15(27-14(18(23,24)25)13(26)16(28)30)11-6-1-8(17(20,21)22)7-12(11)29(31)32/h1-7H,26H2. The van der Waals surface area contributed by atoms with E-state index in [-0.39, 0.29) is 11.8 Å². The normalized spacial score (nSPS) is 12.1. The van der Waals surface area contributed by atoms with Gasteiger partial charge in [-0.1, -0.05) is 0 Å². The van der Waals surface area contributed by atoms with E-state index >= 15 is 0 Å². The van der Waals surface area contributed by atoms with Crippen molar-refractivity contribution in [3.63, 3.8) is 0 Å². The molecule has 0 radical (unpaired) electrons. The number of rotatable bonds is 3. The Kier molecular flexibility index (Phi) is 5.41. The average Bonchev–Trinajstić information content (AvgIpc) is 2.68. The SMILES string of the molecule is Nc1c(C(F)(F)F)nc(-c2ccc(C(F)(F)F)cc2[N+](=O)[O-])n(-c2ccc(F)cc2)c1=O. The number of hydrogen-bond acceptors (Lipinski definition) is 5. The van der Waals surface area contributed by atoms with Crippen molar-refractivity contribution < 1.29 is 35.7 Å². The summed E-state index contributed by atoms with van der Waals surface area (Å²) in [6.07, 6.45) is -10.3. The lowest BCUT2D eigenvalue weighted by Crippen LogP contribution is -2.29. The first-order chi connectivity index (χ1) is 14.7. The number of alkyl halides is 6. The van der Waals surface area contributed by atoms with Crippen molar-refractivity contribution in [2.45, 2.75) is 12.4 Å². The summed E-state index contributed by atoms with van der Waals surface area (Å²) in [6, 6.07) is 4.56. The maximum absolute atomic E-state index is 13.4. The van der Waals surface area contributed by atoms with Crippen LogP contribution in [0.25, 0.3) is 17.1 Å². The van der Waals surface area contributed by atoms with E-state index in [0.29, 0.717) is 16.7 Å². The van der Waals surface area contributed by atoms with Gasteiger partial charge in [0.25, 0.3) is 11.2 Å². The van der Waals surface area contributed by atoms with Crippen molar-refractivity contribution in [3.05, 3.63) is 80.0 Å². The summed E-state index contributed by atoms with van der Waals surface area (Å²) >= 11 is 0. The highest BCUT2D eigenvalue weighted by molar-refractivity contribution is 5.72. The van der Waals surface area contributed by atoms with Gasteiger partial charge in [0.2, 0.25) is 0 Å². The molecular formula is C18H9F7N4O3. The monoisotopic (exact) mass is 462 g/mol. The Morgan fingerprint density at radius 1 is 0.969 bits per heavy atom. The molecule has 168 valence electrons. The Bertz CT molecular complexity index is 1270. The van der Waals surface area contributed by atoms with Gasteiger partial charge in [0.15, 0.2) is 11.5 Å². The minimum absolute atomic E-state index is 0.0973. The van der Waals surface area contributed by atoms with Gasteiger partial charge in [-0.3, -0.25) is 19.5 Å². The second kappa shape index (κ2) is 7.62. The molecule has 32 heavy (non-hydrogen) atoms. The van der Waals surface area contributed by atoms with Crippen LogP contribution in [0.15, 0.2) is 47.3 Å². The summed E-state index contributed by atoms with van der Waals surface area (Å²) < 4.78 is 92.8. The molecule has 0 saturated heterocycles. The van der Waals surface area contributed by atoms with Gasteiger partial charge < -0.3 is 5.73 Å². The molecule has 14 heteroatoms. The van der Waals surface area contributed by atoms with Gasteiger partial charge >= 0.3 is 12.4 Å². The zero-order chi connectivity index (χ0) is 24.0. The van der Waals surface area contributed by atoms with Crippen molar-refractivity contribution in [2.24, 2.45) is 0 Å². The molecular weight excluding hydrogens is 453 g/mol. The first-order valence-corrected chi connectivity index (χ1v) is 8.33. The van der Waals surface area contributed by atoms with Crippen LogP contribution in [0.5, 0.6) is 0 Å². The molecule has 1 heterocycles. The van der Waals surface area contributed by atoms with Crippen molar-refractivity contribution in [3.8, 4) is 17.1 Å². The second-order valence-corrected chi connectivity index (χ2v) is 6.30. The highest BCUT2D eigenvalue weighted by Gasteiger charge is 2.39. The topological polar surface area (TPSA) is 104 Å². The molecule has 2 aromatic carbocycles. The minimum atomic E-state index is -5.26. The van der Waals surface area contributed by atoms with Crippen LogP contribution in [-0.4, -0.2) is 14.5 Å². The number of benzene rings is 2. The summed E-state index contributed by atoms with van der Waals surface area (Å²) in [5.41, 5.74) is -3.29. The molecule has 0 fully saturated rings. The van der Waals surface area contributed by atoms with Crippen LogP contribution < -0.4 is 11.3 Å². The quantitative estimate of drug-likeness (QED) is 0.349. The van der Waals surface area contributed by atoms with Gasteiger partial charge in [0.1, 0.15) is 11.5 Å². The number of anilines is 1. The molecule has 0 unspecified atom stereocenters. The summed E-state index contributed by atoms with van der Waals surface area (Å²) in [5.74, 6) is -1.79. The van der Waals surface area contributed by atoms with Gasteiger partial charge in [-0.25, -0.2) is 9.37 Å². The first kappa shape index (κ1) is 22.7. The Labute approximate surface area is 172 Å². The Morgan fingerprint density at radius 2 is 1.56 bits per heavy atom. The molecule has 0 atom stereocenters. The molecule has 7 nitrogen and oxygen atoms in total. The second-order valence-electron chi connectivity index (χ2n) is 6.30. The van der Waals surface area contributed by atoms with E-state index in [9.17, 15) is 45.6 Å². The van der Waals surface area contributed by atoms with Crippen molar-refractivity contribution in [1.29, 1.82) is 0 Å². The minimum Gasteiger partial charge on any atom is -0.392 e. The summed E-state index contributed by atoms with van der Waals surface area (Å²) in [4.78, 5) is 26.1. The third-order valence-electron chi connectivity index (χ3n) is 4.23. The van der Waals surface area contributed by atoms with Crippen LogP contribution in [0.1, 0.15) is 11.3 Å². The van der Waals surface area contributed by atoms with Gasteiger partial charge in [-0.05, 0) is 36.4 Å². The van der Waals surface area contributed by atoms with E-state index in [1.54, 1.807) is 0 Å². The fourth-order valence-electron chi connectivity index (χ4n) is 2.81. The lowest BCUT2D eigenvalue weighted by molar-refractivity contribution is -0.384. The number of nitrogens with two attached hydrogens (primary N) is 1. The van der Waals surface area contributed by atoms with Crippen molar-refractivity contribution in [1.82, 2.24) is 9.55 Å². The average molecular weight is 462 g/mol. The van der Waals surface area contributed by atoms with Crippen LogP contribution in [0.4, 0.5) is 42.1 Å². The maximum atomic E-state index is 13.4. The van der Waals surface area contributed by atoms with E-state index < -0.39 is 62.7 Å². The molecule has 0 saturated carbocycles. The van der Waals surface area contributed by atoms with Gasteiger partial charge in [0, 0.05) is 6.07 Å². The number of nitro groups is 1. The lowest BCUT2D eigenvalue weighted by atomic mass is 10.1. The molecule has 0 bridgehead atoms. The van der Waals surface area contributed by atoms with Gasteiger partial charge in [-0.2, -0.15) is 26.3 Å². The molecule has 0 spiro atoms. The smallest absolute Gasteiger partial charge is 0.392 e. The predicted molar refractivity (Wildman–Crippen MR) is 96.3 cm³/mol. The first-order valence-electron chi connectivity index (χ1n) is 8.33. The van der Waals surface area contributed by atoms with E-state index in [4.69, 9.17) is 5.73 Å². The van der Waals surface area contributed by atoms with E-state index in [0.717, 1.165) is 24.3 Å². The summed E-state index contributed by atoms with van der Waals surface area (Å²) in [5, 5.41) is 11.4. The fourth-order valence-corrected chi connectivity index (χ4v) is 2.81. The zero-order valence-corrected chi connectivity index (χ0v) is 15.3. The number of nitrogen functional groups attached to an aromatic ring is 1. The highest BCUT2D eigenvalue weighted by atomic mass is 19.4. The van der Waals surface area contributed by atoms with Gasteiger partial charge in [-0.15, -0.1) is 0 Å². The Morgan fingerprint density at radius 3 is 2.06 bits per heavy atom. The predicted octanol–water partition coefficient (Wildman–Crippen LogP) is 4.57. The van der Waals surface area contributed by atoms with Crippen LogP contribution in [0.2, 0.25) is 0 Å². The number of halogens is 7. The zero-order valence-electron chi connectivity index (χ0n) is 15.3. The molecule has 0 aliphatic rings. The molecule has 1 aromatic heterocycles. The van der Waals surface area contributed by atoms with E-state index in [1.165, 1.54) is 0 Å². The molecule has 3 aromatic rings. The third-order valence-corrected chi connectivity index (χ3v) is 4.23. The molecule has 0 aliphatic heterocycles. The number of nitro benzene ring substituents is 1. The lowest BCUT2D eigenvalue weighted by Gasteiger charge is -2.17. The van der Waals surface area contributed by atoms with E-state index in [1.807, 2.05) is 0 Å². The number of nitrogens with zero attached hydrogens (tertiary/aromatic N) is 3. The molecule has 0 amide bonds. The Balaban J connectivity index is 2.47. The van der Waals surface area contributed by atoms with Crippen molar-refractivity contribution >= 4 is 11.4 Å². The third kappa shape index (κ3) is 4.10. The highest BCUT2D eigenvalue weighted by Crippen LogP contribution is 2.38. The van der Waals surface area contributed by atoms with Crippen molar-refractivity contribution in [2.75, 3.05) is 5.73 Å². The van der Waals surface area contributed by atoms with Gasteiger partial charge in [0.05, 0.1) is 21.7 Å². The number of aromatic nitrogens is 2. The number of hydrogen-bond donors (Lipinski definition) is 1. The fraction of sp³-hybridized carbons (Fsp3) is 0.111.